The molecule has 0 unspecified atom stereocenters. The van der Waals surface area contributed by atoms with Gasteiger partial charge in [-0.1, -0.05) is 0 Å². The van der Waals surface area contributed by atoms with Gasteiger partial charge in [-0.3, -0.25) is 0 Å². The summed E-state index contributed by atoms with van der Waals surface area (Å²) in [6.45, 7) is 16.0. The first-order valence-corrected chi connectivity index (χ1v) is 16.3. The van der Waals surface area contributed by atoms with Gasteiger partial charge in [0.2, 0.25) is 0 Å². The monoisotopic (exact) mass is 1040 g/mol. The van der Waals surface area contributed by atoms with Crippen molar-refractivity contribution in [1.82, 2.24) is 0 Å². The number of hydrogen-bond donors (Lipinski definition) is 6. The van der Waals surface area contributed by atoms with Gasteiger partial charge in [-0.2, -0.15) is 0 Å². The largest absolute Gasteiger partial charge is 3.00 e. The zero-order valence-electron chi connectivity index (χ0n) is 39.9. The second-order valence-electron chi connectivity index (χ2n) is 8.69. The number of carbonyl (C=O) groups excluding carboxylic acids is 12. The van der Waals surface area contributed by atoms with E-state index in [-0.39, 0.29) is 69.4 Å². The van der Waals surface area contributed by atoms with Gasteiger partial charge in [0.1, 0.15) is 0 Å². The number of carbonyl (C=O) groups is 12. The Morgan fingerprint density at radius 3 is 0.239 bits per heavy atom. The Kier molecular flexibility index (Phi) is 256. The summed E-state index contributed by atoms with van der Waals surface area (Å²) in [7, 11) is 0. The SMILES string of the molecule is CC(=O)[O-].CC(=O)[O-].CC(=O)[O-].CC(=O)[O-].CC(=O)[O-].CC(=O)[O-].CC(=O)[O-].CC(=O)[O-].CC(=O)[O-].CC(=O)[O-].CC(=O)[O-].CC(=O)[O-].NCCCN.NCCCN.NCCCN.[Al+3].[Al+3].[Al+3].[Al+3]. The maximum atomic E-state index is 8.89. The van der Waals surface area contributed by atoms with Crippen molar-refractivity contribution in [1.29, 1.82) is 0 Å². The van der Waals surface area contributed by atoms with Crippen LogP contribution in [0.1, 0.15) is 102 Å². The topological polar surface area (TPSA) is 638 Å². The van der Waals surface area contributed by atoms with Gasteiger partial charge in [0.25, 0.3) is 0 Å². The van der Waals surface area contributed by atoms with Crippen LogP contribution in [-0.2, 0) is 57.5 Å². The fourth-order valence-corrected chi connectivity index (χ4v) is 0.354. The quantitative estimate of drug-likeness (QED) is 0.135. The third kappa shape index (κ3) is 93200. The van der Waals surface area contributed by atoms with Crippen molar-refractivity contribution in [3.05, 3.63) is 0 Å². The van der Waals surface area contributed by atoms with Gasteiger partial charge in [-0.25, -0.2) is 0 Å². The molecule has 0 rings (SSSR count). The summed E-state index contributed by atoms with van der Waals surface area (Å²) >= 11 is 0. The van der Waals surface area contributed by atoms with E-state index >= 15 is 0 Å². The average molecular weight is 1040 g/mol. The third-order valence-corrected chi connectivity index (χ3v) is 1.22. The smallest absolute Gasteiger partial charge is 0.550 e. The van der Waals surface area contributed by atoms with E-state index in [4.69, 9.17) is 153 Å². The molecule has 0 aliphatic rings. The standard InChI is InChI=1S/3C3H10N2.12C2H4O2.4Al/c3*4-2-1-3-5;12*1-2(3)4;;;;/h3*1-5H2;12*1H3,(H,3,4);;;;/q;;;;;;;;;;;;;;;4*+3/p-12. The van der Waals surface area contributed by atoms with Gasteiger partial charge < -0.3 is 153 Å². The van der Waals surface area contributed by atoms with Crippen LogP contribution in [0.4, 0.5) is 0 Å². The second-order valence-corrected chi connectivity index (χ2v) is 8.69. The molecule has 0 saturated heterocycles. The van der Waals surface area contributed by atoms with E-state index in [1.807, 2.05) is 0 Å². The predicted octanol–water partition coefficient (Wildman–Crippen LogP) is -18.6. The third-order valence-electron chi connectivity index (χ3n) is 1.22. The van der Waals surface area contributed by atoms with Crippen LogP contribution in [0.25, 0.3) is 0 Å². The molecule has 0 aromatic carbocycles. The maximum absolute atomic E-state index is 8.89. The van der Waals surface area contributed by atoms with Crippen molar-refractivity contribution in [3.8, 4) is 0 Å². The summed E-state index contributed by atoms with van der Waals surface area (Å²) in [5, 5.41) is 107. The average Bonchev–Trinajstić information content (AvgIpc) is 2.96. The molecular formula is C33H66Al4N6O24. The second kappa shape index (κ2) is 137. The van der Waals surface area contributed by atoms with E-state index in [2.05, 4.69) is 0 Å². The van der Waals surface area contributed by atoms with Crippen LogP contribution >= 0.6 is 0 Å². The minimum atomic E-state index is -1.08. The van der Waals surface area contributed by atoms with Crippen LogP contribution in [0.15, 0.2) is 0 Å². The van der Waals surface area contributed by atoms with Crippen LogP contribution in [-0.4, -0.2) is 180 Å². The molecule has 34 heteroatoms. The van der Waals surface area contributed by atoms with E-state index in [1.54, 1.807) is 0 Å². The number of carboxylic acid groups (broad SMARTS) is 12. The molecular weight excluding hydrogens is 972 g/mol. The number of rotatable bonds is 6. The number of hydrogen-bond acceptors (Lipinski definition) is 30. The fourth-order valence-electron chi connectivity index (χ4n) is 0.354. The molecule has 0 spiro atoms. The maximum Gasteiger partial charge on any atom is 3.00 e. The molecule has 30 nitrogen and oxygen atoms in total. The Morgan fingerprint density at radius 2 is 0.239 bits per heavy atom. The molecule has 0 atom stereocenters. The van der Waals surface area contributed by atoms with Crippen LogP contribution in [0.5, 0.6) is 0 Å². The molecule has 0 aromatic heterocycles. The minimum Gasteiger partial charge on any atom is -0.550 e. The Balaban J connectivity index is -0.0000000216. The van der Waals surface area contributed by atoms with Crippen LogP contribution in [0.2, 0.25) is 0 Å². The molecule has 384 valence electrons. The zero-order valence-corrected chi connectivity index (χ0v) is 44.6. The fraction of sp³-hybridized carbons (Fsp3) is 0.636. The first kappa shape index (κ1) is 125. The number of carboxylic acids is 12. The van der Waals surface area contributed by atoms with Gasteiger partial charge in [0, 0.05) is 71.6 Å². The van der Waals surface area contributed by atoms with Crippen molar-refractivity contribution < 1.29 is 119 Å². The van der Waals surface area contributed by atoms with E-state index in [0.717, 1.165) is 142 Å². The molecule has 0 aliphatic heterocycles. The van der Waals surface area contributed by atoms with Crippen LogP contribution in [0.3, 0.4) is 0 Å². The van der Waals surface area contributed by atoms with Crippen molar-refractivity contribution >= 4 is 141 Å². The molecule has 0 radical (unpaired) electrons. The zero-order chi connectivity index (χ0) is 55.3. The Bertz CT molecular complexity index is 759. The summed E-state index contributed by atoms with van der Waals surface area (Å²) in [5.74, 6) is -13.0. The van der Waals surface area contributed by atoms with Crippen molar-refractivity contribution in [2.45, 2.75) is 102 Å². The Hall–Kier alpha value is -4.47. The summed E-state index contributed by atoms with van der Waals surface area (Å²) < 4.78 is 0. The molecule has 0 aromatic rings. The van der Waals surface area contributed by atoms with Gasteiger partial charge >= 0.3 is 69.4 Å². The summed E-state index contributed by atoms with van der Waals surface area (Å²) in [6.07, 6.45) is 2.83. The number of nitrogens with two attached hydrogens (primary N) is 6. The van der Waals surface area contributed by atoms with Gasteiger partial charge in [-0.05, 0) is 142 Å². The van der Waals surface area contributed by atoms with E-state index in [1.165, 1.54) is 0 Å². The first-order valence-electron chi connectivity index (χ1n) is 16.3. The molecule has 0 amide bonds. The minimum absolute atomic E-state index is 0. The normalized spacial score (nSPS) is 6.36. The number of aliphatic carboxylic acids is 12. The Morgan fingerprint density at radius 1 is 0.209 bits per heavy atom. The van der Waals surface area contributed by atoms with Gasteiger partial charge in [0.05, 0.1) is 0 Å². The molecule has 0 heterocycles. The van der Waals surface area contributed by atoms with Gasteiger partial charge in [-0.15, -0.1) is 0 Å². The summed E-state index contributed by atoms with van der Waals surface area (Å²) in [6, 6.07) is 0. The first-order chi connectivity index (χ1) is 28.0. The van der Waals surface area contributed by atoms with E-state index in [9.17, 15) is 0 Å². The van der Waals surface area contributed by atoms with Crippen molar-refractivity contribution in [2.24, 2.45) is 34.4 Å². The van der Waals surface area contributed by atoms with Crippen molar-refractivity contribution in [3.63, 3.8) is 0 Å². The Labute approximate surface area is 434 Å². The summed E-state index contributed by atoms with van der Waals surface area (Å²) in [4.78, 5) is 107. The van der Waals surface area contributed by atoms with E-state index in [0.29, 0.717) is 0 Å². The molecule has 0 bridgehead atoms. The van der Waals surface area contributed by atoms with E-state index < -0.39 is 71.6 Å². The van der Waals surface area contributed by atoms with Crippen molar-refractivity contribution in [2.75, 3.05) is 39.3 Å². The van der Waals surface area contributed by atoms with Crippen LogP contribution < -0.4 is 95.7 Å². The molecule has 12 N–H and O–H groups in total. The molecule has 67 heavy (non-hydrogen) atoms. The van der Waals surface area contributed by atoms with Crippen LogP contribution in [0, 0.1) is 0 Å². The molecule has 0 aliphatic carbocycles. The summed E-state index contributed by atoms with van der Waals surface area (Å²) in [5.41, 5.74) is 30.4. The molecule has 0 fully saturated rings. The molecule has 0 saturated carbocycles. The van der Waals surface area contributed by atoms with Gasteiger partial charge in [0.15, 0.2) is 0 Å². The predicted molar refractivity (Wildman–Crippen MR) is 219 cm³/mol.